The van der Waals surface area contributed by atoms with Gasteiger partial charge in [0.2, 0.25) is 0 Å². The summed E-state index contributed by atoms with van der Waals surface area (Å²) in [5.74, 6) is 0.621. The lowest BCUT2D eigenvalue weighted by Gasteiger charge is -2.09. The van der Waals surface area contributed by atoms with E-state index in [1.807, 2.05) is 6.92 Å². The van der Waals surface area contributed by atoms with Gasteiger partial charge in [-0.1, -0.05) is 11.6 Å². The van der Waals surface area contributed by atoms with Crippen molar-refractivity contribution >= 4 is 27.5 Å². The number of methoxy groups -OCH3 is 1. The molecule has 66 valence electrons. The van der Waals surface area contributed by atoms with Gasteiger partial charge in [0, 0.05) is 0 Å². The summed E-state index contributed by atoms with van der Waals surface area (Å²) in [7, 11) is 1.54. The van der Waals surface area contributed by atoms with Crippen molar-refractivity contribution in [1.82, 2.24) is 0 Å². The van der Waals surface area contributed by atoms with Crippen LogP contribution in [0.1, 0.15) is 5.56 Å². The average molecular weight is 252 g/mol. The Labute approximate surface area is 84.2 Å². The number of aryl methyl sites for hydroxylation is 1. The van der Waals surface area contributed by atoms with E-state index in [4.69, 9.17) is 16.3 Å². The molecule has 0 aliphatic heterocycles. The van der Waals surface area contributed by atoms with E-state index in [1.165, 1.54) is 0 Å². The molecule has 0 atom stereocenters. The lowest BCUT2D eigenvalue weighted by Crippen LogP contribution is -1.89. The van der Waals surface area contributed by atoms with Gasteiger partial charge in [0.25, 0.3) is 0 Å². The van der Waals surface area contributed by atoms with Crippen LogP contribution in [0.4, 0.5) is 0 Å². The second kappa shape index (κ2) is 3.54. The zero-order chi connectivity index (χ0) is 9.30. The molecule has 0 spiro atoms. The van der Waals surface area contributed by atoms with Crippen LogP contribution in [0.15, 0.2) is 10.5 Å². The number of aromatic hydroxyl groups is 1. The fourth-order valence-electron chi connectivity index (χ4n) is 0.960. The SMILES string of the molecule is COc1c(C)cc(Cl)c(O)c1Br. The second-order valence-corrected chi connectivity index (χ2v) is 3.57. The molecule has 1 N–H and O–H groups in total. The zero-order valence-corrected chi connectivity index (χ0v) is 9.03. The molecule has 2 nitrogen and oxygen atoms in total. The number of phenols is 1. The van der Waals surface area contributed by atoms with Gasteiger partial charge >= 0.3 is 0 Å². The van der Waals surface area contributed by atoms with Crippen molar-refractivity contribution in [3.05, 3.63) is 21.1 Å². The molecular formula is C8H8BrClO2. The first-order chi connectivity index (χ1) is 5.57. The van der Waals surface area contributed by atoms with Gasteiger partial charge in [-0.15, -0.1) is 0 Å². The summed E-state index contributed by atoms with van der Waals surface area (Å²) in [6.45, 7) is 1.86. The van der Waals surface area contributed by atoms with E-state index in [1.54, 1.807) is 13.2 Å². The normalized spacial score (nSPS) is 10.0. The van der Waals surface area contributed by atoms with Gasteiger partial charge in [0.05, 0.1) is 12.1 Å². The molecule has 0 aliphatic rings. The molecule has 12 heavy (non-hydrogen) atoms. The molecular weight excluding hydrogens is 243 g/mol. The summed E-state index contributed by atoms with van der Waals surface area (Å²) in [5, 5.41) is 9.70. The standard InChI is InChI=1S/C8H8BrClO2/c1-4-3-5(10)7(11)6(9)8(4)12-2/h3,11H,1-2H3. The van der Waals surface area contributed by atoms with E-state index >= 15 is 0 Å². The molecule has 1 rings (SSSR count). The van der Waals surface area contributed by atoms with Crippen LogP contribution in [0.5, 0.6) is 11.5 Å². The summed E-state index contributed by atoms with van der Waals surface area (Å²) in [4.78, 5) is 0. The van der Waals surface area contributed by atoms with Crippen molar-refractivity contribution in [3.63, 3.8) is 0 Å². The van der Waals surface area contributed by atoms with Gasteiger partial charge in [-0.25, -0.2) is 0 Å². The molecule has 0 saturated carbocycles. The first kappa shape index (κ1) is 9.68. The van der Waals surface area contributed by atoms with Crippen LogP contribution in [0.2, 0.25) is 5.02 Å². The van der Waals surface area contributed by atoms with Crippen LogP contribution in [-0.2, 0) is 0 Å². The zero-order valence-electron chi connectivity index (χ0n) is 6.69. The molecule has 0 aromatic heterocycles. The molecule has 1 aromatic carbocycles. The third-order valence-corrected chi connectivity index (χ3v) is 2.56. The predicted octanol–water partition coefficient (Wildman–Crippen LogP) is 3.13. The Kier molecular flexibility index (Phi) is 2.85. The van der Waals surface area contributed by atoms with Crippen LogP contribution >= 0.6 is 27.5 Å². The fraction of sp³-hybridized carbons (Fsp3) is 0.250. The van der Waals surface area contributed by atoms with E-state index in [-0.39, 0.29) is 5.75 Å². The second-order valence-electron chi connectivity index (χ2n) is 2.37. The van der Waals surface area contributed by atoms with Gasteiger partial charge < -0.3 is 9.84 Å². The number of halogens is 2. The maximum Gasteiger partial charge on any atom is 0.152 e. The van der Waals surface area contributed by atoms with Gasteiger partial charge in [-0.3, -0.25) is 0 Å². The molecule has 0 unspecified atom stereocenters. The smallest absolute Gasteiger partial charge is 0.152 e. The quantitative estimate of drug-likeness (QED) is 0.831. The number of ether oxygens (including phenoxy) is 1. The van der Waals surface area contributed by atoms with Crippen molar-refractivity contribution in [1.29, 1.82) is 0 Å². The number of rotatable bonds is 1. The molecule has 0 fully saturated rings. The highest BCUT2D eigenvalue weighted by Crippen LogP contribution is 2.41. The van der Waals surface area contributed by atoms with Crippen LogP contribution in [0.3, 0.4) is 0 Å². The van der Waals surface area contributed by atoms with Gasteiger partial charge in [-0.05, 0) is 34.5 Å². The van der Waals surface area contributed by atoms with E-state index < -0.39 is 0 Å². The summed E-state index contributed by atoms with van der Waals surface area (Å²) < 4.78 is 5.54. The van der Waals surface area contributed by atoms with Crippen molar-refractivity contribution in [3.8, 4) is 11.5 Å². The maximum atomic E-state index is 9.38. The van der Waals surface area contributed by atoms with Gasteiger partial charge in [0.15, 0.2) is 5.75 Å². The Morgan fingerprint density at radius 2 is 2.17 bits per heavy atom. The Bertz CT molecular complexity index is 312. The number of phenolic OH excluding ortho intramolecular Hbond substituents is 1. The summed E-state index contributed by atoms with van der Waals surface area (Å²) in [5.41, 5.74) is 0.882. The largest absolute Gasteiger partial charge is 0.505 e. The first-order valence-electron chi connectivity index (χ1n) is 3.29. The topological polar surface area (TPSA) is 29.5 Å². The minimum absolute atomic E-state index is 0.0131. The molecule has 0 saturated heterocycles. The van der Waals surface area contributed by atoms with Crippen molar-refractivity contribution in [2.75, 3.05) is 7.11 Å². The Morgan fingerprint density at radius 3 is 2.67 bits per heavy atom. The van der Waals surface area contributed by atoms with E-state index in [2.05, 4.69) is 15.9 Å². The summed E-state index contributed by atoms with van der Waals surface area (Å²) in [6.07, 6.45) is 0. The Hall–Kier alpha value is -0.410. The number of hydrogen-bond acceptors (Lipinski definition) is 2. The highest BCUT2D eigenvalue weighted by molar-refractivity contribution is 9.10. The van der Waals surface area contributed by atoms with Crippen LogP contribution < -0.4 is 4.74 Å². The van der Waals surface area contributed by atoms with Crippen LogP contribution in [-0.4, -0.2) is 12.2 Å². The van der Waals surface area contributed by atoms with E-state index in [0.717, 1.165) is 5.56 Å². The molecule has 1 aromatic rings. The number of hydrogen-bond donors (Lipinski definition) is 1. The molecule has 0 heterocycles. The van der Waals surface area contributed by atoms with Crippen molar-refractivity contribution < 1.29 is 9.84 Å². The van der Waals surface area contributed by atoms with E-state index in [9.17, 15) is 5.11 Å². The van der Waals surface area contributed by atoms with Crippen molar-refractivity contribution in [2.24, 2.45) is 0 Å². The first-order valence-corrected chi connectivity index (χ1v) is 4.46. The summed E-state index contributed by atoms with van der Waals surface area (Å²) in [6, 6.07) is 1.65. The monoisotopic (exact) mass is 250 g/mol. The van der Waals surface area contributed by atoms with Gasteiger partial charge in [-0.2, -0.15) is 0 Å². The Balaban J connectivity index is 3.40. The van der Waals surface area contributed by atoms with Crippen LogP contribution in [0.25, 0.3) is 0 Å². The minimum Gasteiger partial charge on any atom is -0.505 e. The third-order valence-electron chi connectivity index (χ3n) is 1.54. The molecule has 0 radical (unpaired) electrons. The Morgan fingerprint density at radius 1 is 1.58 bits per heavy atom. The molecule has 0 aliphatic carbocycles. The highest BCUT2D eigenvalue weighted by Gasteiger charge is 2.12. The molecule has 0 amide bonds. The maximum absolute atomic E-state index is 9.38. The molecule has 0 bridgehead atoms. The molecule has 4 heteroatoms. The highest BCUT2D eigenvalue weighted by atomic mass is 79.9. The number of benzene rings is 1. The van der Waals surface area contributed by atoms with Crippen LogP contribution in [0, 0.1) is 6.92 Å². The minimum atomic E-state index is 0.0131. The lowest BCUT2D eigenvalue weighted by atomic mass is 10.2. The van der Waals surface area contributed by atoms with Crippen molar-refractivity contribution in [2.45, 2.75) is 6.92 Å². The average Bonchev–Trinajstić information content (AvgIpc) is 2.01. The third kappa shape index (κ3) is 1.52. The fourth-order valence-corrected chi connectivity index (χ4v) is 2.02. The van der Waals surface area contributed by atoms with E-state index in [0.29, 0.717) is 15.2 Å². The predicted molar refractivity (Wildman–Crippen MR) is 52.1 cm³/mol. The summed E-state index contributed by atoms with van der Waals surface area (Å²) >= 11 is 8.90. The lowest BCUT2D eigenvalue weighted by molar-refractivity contribution is 0.400. The van der Waals surface area contributed by atoms with Gasteiger partial charge in [0.1, 0.15) is 10.2 Å².